The number of hydrogen-bond donors (Lipinski definition) is 1. The summed E-state index contributed by atoms with van der Waals surface area (Å²) >= 11 is 0. The van der Waals surface area contributed by atoms with Crippen LogP contribution in [0.25, 0.3) is 0 Å². The van der Waals surface area contributed by atoms with Crippen molar-refractivity contribution < 1.29 is 9.47 Å². The maximum absolute atomic E-state index is 6.35. The van der Waals surface area contributed by atoms with Crippen LogP contribution in [0.1, 0.15) is 59.8 Å². The third-order valence-corrected chi connectivity index (χ3v) is 4.20. The van der Waals surface area contributed by atoms with Gasteiger partial charge in [0.25, 0.3) is 0 Å². The van der Waals surface area contributed by atoms with Crippen LogP contribution in [-0.4, -0.2) is 31.5 Å². The topological polar surface area (TPSA) is 44.5 Å². The third-order valence-electron chi connectivity index (χ3n) is 4.20. The first kappa shape index (κ1) is 15.9. The first-order valence-electron chi connectivity index (χ1n) is 7.43. The number of ether oxygens (including phenoxy) is 2. The second-order valence-corrected chi connectivity index (χ2v) is 6.34. The van der Waals surface area contributed by atoms with E-state index in [9.17, 15) is 0 Å². The van der Waals surface area contributed by atoms with Crippen LogP contribution in [0.3, 0.4) is 0 Å². The SMILES string of the molecule is CCCOCC(N)C1(OCC)CCC(C)(C)CC1. The van der Waals surface area contributed by atoms with Crippen LogP contribution in [0.2, 0.25) is 0 Å². The summed E-state index contributed by atoms with van der Waals surface area (Å²) in [5.74, 6) is 0. The smallest absolute Gasteiger partial charge is 0.0855 e. The predicted molar refractivity (Wildman–Crippen MR) is 75.7 cm³/mol. The van der Waals surface area contributed by atoms with Gasteiger partial charge in [-0.1, -0.05) is 20.8 Å². The van der Waals surface area contributed by atoms with Crippen LogP contribution in [-0.2, 0) is 9.47 Å². The van der Waals surface area contributed by atoms with Crippen molar-refractivity contribution in [3.05, 3.63) is 0 Å². The zero-order valence-corrected chi connectivity index (χ0v) is 12.6. The lowest BCUT2D eigenvalue weighted by atomic mass is 9.68. The van der Waals surface area contributed by atoms with E-state index < -0.39 is 0 Å². The molecule has 1 unspecified atom stereocenters. The Balaban J connectivity index is 2.57. The molecule has 0 aromatic carbocycles. The lowest BCUT2D eigenvalue weighted by Crippen LogP contribution is -2.55. The first-order chi connectivity index (χ1) is 8.46. The Morgan fingerprint density at radius 1 is 1.11 bits per heavy atom. The van der Waals surface area contributed by atoms with Gasteiger partial charge in [-0.05, 0) is 44.4 Å². The van der Waals surface area contributed by atoms with Gasteiger partial charge in [0.15, 0.2) is 0 Å². The molecule has 0 bridgehead atoms. The Morgan fingerprint density at radius 3 is 2.22 bits per heavy atom. The maximum Gasteiger partial charge on any atom is 0.0855 e. The van der Waals surface area contributed by atoms with Crippen LogP contribution >= 0.6 is 0 Å². The lowest BCUT2D eigenvalue weighted by Gasteiger charge is -2.46. The van der Waals surface area contributed by atoms with E-state index in [-0.39, 0.29) is 11.6 Å². The average molecular weight is 257 g/mol. The summed E-state index contributed by atoms with van der Waals surface area (Å²) in [6.45, 7) is 11.0. The fourth-order valence-electron chi connectivity index (χ4n) is 2.77. The molecule has 1 saturated carbocycles. The van der Waals surface area contributed by atoms with Crippen molar-refractivity contribution in [2.45, 2.75) is 71.4 Å². The van der Waals surface area contributed by atoms with Gasteiger partial charge in [0, 0.05) is 13.2 Å². The molecule has 0 heterocycles. The number of nitrogens with two attached hydrogens (primary N) is 1. The van der Waals surface area contributed by atoms with Crippen LogP contribution in [0, 0.1) is 5.41 Å². The zero-order chi connectivity index (χ0) is 13.6. The minimum absolute atomic E-state index is 0.0000926. The fraction of sp³-hybridized carbons (Fsp3) is 1.00. The molecular weight excluding hydrogens is 226 g/mol. The largest absolute Gasteiger partial charge is 0.380 e. The Kier molecular flexibility index (Phi) is 6.09. The molecule has 1 aliphatic rings. The molecule has 3 heteroatoms. The molecule has 1 atom stereocenters. The second-order valence-electron chi connectivity index (χ2n) is 6.34. The Morgan fingerprint density at radius 2 is 1.72 bits per heavy atom. The van der Waals surface area contributed by atoms with E-state index in [2.05, 4.69) is 27.7 Å². The highest BCUT2D eigenvalue weighted by Gasteiger charge is 2.43. The van der Waals surface area contributed by atoms with Crippen molar-refractivity contribution in [2.75, 3.05) is 19.8 Å². The predicted octanol–water partition coefficient (Wildman–Crippen LogP) is 3.12. The summed E-state index contributed by atoms with van der Waals surface area (Å²) in [6, 6.07) is 0.0000926. The first-order valence-corrected chi connectivity index (χ1v) is 7.43. The van der Waals surface area contributed by atoms with E-state index in [4.69, 9.17) is 15.2 Å². The summed E-state index contributed by atoms with van der Waals surface area (Å²) in [5.41, 5.74) is 6.63. The normalized spacial score (nSPS) is 23.8. The molecule has 0 saturated heterocycles. The molecule has 1 aliphatic carbocycles. The highest BCUT2D eigenvalue weighted by Crippen LogP contribution is 2.43. The van der Waals surface area contributed by atoms with Gasteiger partial charge in [0.05, 0.1) is 18.2 Å². The molecule has 1 rings (SSSR count). The maximum atomic E-state index is 6.35. The van der Waals surface area contributed by atoms with Gasteiger partial charge in [-0.3, -0.25) is 0 Å². The summed E-state index contributed by atoms with van der Waals surface area (Å²) in [6.07, 6.45) is 5.54. The molecule has 0 spiro atoms. The Hall–Kier alpha value is -0.120. The van der Waals surface area contributed by atoms with Gasteiger partial charge in [-0.2, -0.15) is 0 Å². The highest BCUT2D eigenvalue weighted by atomic mass is 16.5. The van der Waals surface area contributed by atoms with Gasteiger partial charge >= 0.3 is 0 Å². The van der Waals surface area contributed by atoms with Crippen molar-refractivity contribution in [1.82, 2.24) is 0 Å². The van der Waals surface area contributed by atoms with Crippen molar-refractivity contribution in [2.24, 2.45) is 11.1 Å². The molecule has 0 aromatic heterocycles. The van der Waals surface area contributed by atoms with E-state index in [1.807, 2.05) is 0 Å². The summed E-state index contributed by atoms with van der Waals surface area (Å²) < 4.78 is 11.7. The third kappa shape index (κ3) is 4.22. The van der Waals surface area contributed by atoms with Gasteiger partial charge in [-0.15, -0.1) is 0 Å². The van der Waals surface area contributed by atoms with Gasteiger partial charge in [-0.25, -0.2) is 0 Å². The molecule has 1 fully saturated rings. The summed E-state index contributed by atoms with van der Waals surface area (Å²) in [7, 11) is 0. The van der Waals surface area contributed by atoms with Crippen molar-refractivity contribution >= 4 is 0 Å². The summed E-state index contributed by atoms with van der Waals surface area (Å²) in [5, 5.41) is 0. The Bertz CT molecular complexity index is 231. The molecule has 2 N–H and O–H groups in total. The van der Waals surface area contributed by atoms with Crippen molar-refractivity contribution in [3.63, 3.8) is 0 Å². The minimum atomic E-state index is -0.155. The zero-order valence-electron chi connectivity index (χ0n) is 12.6. The molecule has 108 valence electrons. The van der Waals surface area contributed by atoms with Gasteiger partial charge in [0.2, 0.25) is 0 Å². The summed E-state index contributed by atoms with van der Waals surface area (Å²) in [4.78, 5) is 0. The van der Waals surface area contributed by atoms with Gasteiger partial charge in [0.1, 0.15) is 0 Å². The van der Waals surface area contributed by atoms with Crippen LogP contribution in [0.5, 0.6) is 0 Å². The van der Waals surface area contributed by atoms with E-state index in [0.29, 0.717) is 12.0 Å². The molecule has 18 heavy (non-hydrogen) atoms. The fourth-order valence-corrected chi connectivity index (χ4v) is 2.77. The lowest BCUT2D eigenvalue weighted by molar-refractivity contribution is -0.111. The van der Waals surface area contributed by atoms with Crippen LogP contribution in [0.15, 0.2) is 0 Å². The Labute approximate surface area is 112 Å². The number of hydrogen-bond acceptors (Lipinski definition) is 3. The molecule has 0 amide bonds. The van der Waals surface area contributed by atoms with Crippen molar-refractivity contribution in [1.29, 1.82) is 0 Å². The molecule has 0 aliphatic heterocycles. The van der Waals surface area contributed by atoms with Crippen molar-refractivity contribution in [3.8, 4) is 0 Å². The molecular formula is C15H31NO2. The standard InChI is InChI=1S/C15H31NO2/c1-5-11-17-12-13(16)15(18-6-2)9-7-14(3,4)8-10-15/h13H,5-12,16H2,1-4H3. The van der Waals surface area contributed by atoms with Crippen LogP contribution in [0.4, 0.5) is 0 Å². The van der Waals surface area contributed by atoms with E-state index in [1.54, 1.807) is 0 Å². The minimum Gasteiger partial charge on any atom is -0.380 e. The average Bonchev–Trinajstić information content (AvgIpc) is 2.33. The molecule has 0 radical (unpaired) electrons. The number of rotatable bonds is 7. The van der Waals surface area contributed by atoms with E-state index in [1.165, 1.54) is 12.8 Å². The quantitative estimate of drug-likeness (QED) is 0.713. The second kappa shape index (κ2) is 6.88. The highest BCUT2D eigenvalue weighted by molar-refractivity contribution is 4.97. The monoisotopic (exact) mass is 257 g/mol. The van der Waals surface area contributed by atoms with E-state index >= 15 is 0 Å². The molecule has 0 aromatic rings. The molecule has 3 nitrogen and oxygen atoms in total. The van der Waals surface area contributed by atoms with Gasteiger partial charge < -0.3 is 15.2 Å². The van der Waals surface area contributed by atoms with Crippen LogP contribution < -0.4 is 5.73 Å². The van der Waals surface area contributed by atoms with E-state index in [0.717, 1.165) is 32.5 Å².